The van der Waals surface area contributed by atoms with Gasteiger partial charge >= 0.3 is 0 Å². The Morgan fingerprint density at radius 2 is 1.94 bits per heavy atom. The number of hydrogen-bond acceptors (Lipinski definition) is 7. The maximum Gasteiger partial charge on any atom is 0.270 e. The molecule has 1 aliphatic carbocycles. The van der Waals surface area contributed by atoms with Gasteiger partial charge in [0.15, 0.2) is 0 Å². The molecule has 9 nitrogen and oxygen atoms in total. The van der Waals surface area contributed by atoms with E-state index in [1.54, 1.807) is 16.8 Å². The van der Waals surface area contributed by atoms with E-state index >= 15 is 0 Å². The van der Waals surface area contributed by atoms with Crippen LogP contribution in [0.3, 0.4) is 0 Å². The number of pyridine rings is 1. The van der Waals surface area contributed by atoms with Crippen LogP contribution in [-0.2, 0) is 0 Å². The van der Waals surface area contributed by atoms with E-state index in [0.717, 1.165) is 68.5 Å². The second-order valence-corrected chi connectivity index (χ2v) is 9.61. The highest BCUT2D eigenvalue weighted by Crippen LogP contribution is 2.32. The van der Waals surface area contributed by atoms with Gasteiger partial charge in [-0.3, -0.25) is 9.36 Å². The van der Waals surface area contributed by atoms with E-state index in [2.05, 4.69) is 50.5 Å². The lowest BCUT2D eigenvalue weighted by Gasteiger charge is -2.33. The molecule has 4 aromatic rings. The molecule has 9 heteroatoms. The fourth-order valence-corrected chi connectivity index (χ4v) is 5.38. The summed E-state index contributed by atoms with van der Waals surface area (Å²) in [7, 11) is 2.16. The first kappa shape index (κ1) is 21.6. The van der Waals surface area contributed by atoms with E-state index in [1.165, 1.54) is 5.69 Å². The molecule has 1 saturated carbocycles. The molecule has 178 valence electrons. The van der Waals surface area contributed by atoms with Crippen LogP contribution in [0.25, 0.3) is 21.9 Å². The van der Waals surface area contributed by atoms with Crippen LogP contribution >= 0.6 is 0 Å². The minimum Gasteiger partial charge on any atom is -0.367 e. The van der Waals surface area contributed by atoms with E-state index in [-0.39, 0.29) is 17.2 Å². The summed E-state index contributed by atoms with van der Waals surface area (Å²) in [4.78, 5) is 30.4. The van der Waals surface area contributed by atoms with Crippen LogP contribution in [0.15, 0.2) is 41.5 Å². The number of H-pyrrole nitrogens is 1. The first-order valence-electron chi connectivity index (χ1n) is 12.2. The van der Waals surface area contributed by atoms with Crippen molar-refractivity contribution in [3.63, 3.8) is 0 Å². The van der Waals surface area contributed by atoms with E-state index < -0.39 is 0 Å². The fraction of sp³-hybridized carbons (Fsp3) is 0.385. The Morgan fingerprint density at radius 3 is 2.71 bits per heavy atom. The average Bonchev–Trinajstić information content (AvgIpc) is 3.54. The Bertz CT molecular complexity index is 1500. The maximum atomic E-state index is 13.0. The molecule has 6 rings (SSSR count). The number of likely N-dealkylation sites (N-methyl/N-ethyl adjacent to an activating group) is 1. The SMILES string of the molecule is CN1CCN(c2c[nH]c3ccc(Nc4ncc5cc(C#N)c(=O)n(C6CCCC6)c5n4)cc23)CC1. The number of hydrogen-bond donors (Lipinski definition) is 2. The van der Waals surface area contributed by atoms with E-state index in [9.17, 15) is 10.1 Å². The third kappa shape index (κ3) is 3.90. The zero-order valence-corrected chi connectivity index (χ0v) is 19.8. The lowest BCUT2D eigenvalue weighted by Crippen LogP contribution is -2.44. The second kappa shape index (κ2) is 8.71. The fourth-order valence-electron chi connectivity index (χ4n) is 5.38. The van der Waals surface area contributed by atoms with E-state index in [1.807, 2.05) is 12.1 Å². The molecule has 2 fully saturated rings. The smallest absolute Gasteiger partial charge is 0.270 e. The van der Waals surface area contributed by atoms with Gasteiger partial charge in [-0.05, 0) is 44.2 Å². The number of aromatic amines is 1. The van der Waals surface area contributed by atoms with Crippen molar-refractivity contribution >= 4 is 39.3 Å². The van der Waals surface area contributed by atoms with E-state index in [0.29, 0.717) is 17.0 Å². The number of nitrogens with one attached hydrogen (secondary N) is 2. The summed E-state index contributed by atoms with van der Waals surface area (Å²) in [6.07, 6.45) is 7.79. The molecule has 0 amide bonds. The van der Waals surface area contributed by atoms with Crippen LogP contribution in [0.1, 0.15) is 37.3 Å². The van der Waals surface area contributed by atoms with Crippen LogP contribution in [0.4, 0.5) is 17.3 Å². The van der Waals surface area contributed by atoms with Gasteiger partial charge in [0.25, 0.3) is 5.56 Å². The van der Waals surface area contributed by atoms with Gasteiger partial charge in [0.05, 0.1) is 5.69 Å². The molecule has 0 unspecified atom stereocenters. The summed E-state index contributed by atoms with van der Waals surface area (Å²) >= 11 is 0. The number of benzene rings is 1. The highest BCUT2D eigenvalue weighted by atomic mass is 16.1. The van der Waals surface area contributed by atoms with Crippen molar-refractivity contribution in [3.05, 3.63) is 52.6 Å². The van der Waals surface area contributed by atoms with Crippen molar-refractivity contribution < 1.29 is 0 Å². The highest BCUT2D eigenvalue weighted by molar-refractivity contribution is 5.95. The molecular formula is C26H28N8O. The number of aromatic nitrogens is 4. The third-order valence-electron chi connectivity index (χ3n) is 7.34. The van der Waals surface area contributed by atoms with Crippen LogP contribution in [0, 0.1) is 11.3 Å². The first-order chi connectivity index (χ1) is 17.1. The van der Waals surface area contributed by atoms with Crippen molar-refractivity contribution in [3.8, 4) is 6.07 Å². The van der Waals surface area contributed by atoms with Crippen molar-refractivity contribution in [2.75, 3.05) is 43.4 Å². The van der Waals surface area contributed by atoms with Crippen molar-refractivity contribution in [1.82, 2.24) is 24.4 Å². The molecule has 1 aliphatic heterocycles. The predicted molar refractivity (Wildman–Crippen MR) is 137 cm³/mol. The van der Waals surface area contributed by atoms with Gasteiger partial charge in [-0.1, -0.05) is 12.8 Å². The van der Waals surface area contributed by atoms with Gasteiger partial charge in [0, 0.05) is 66.6 Å². The van der Waals surface area contributed by atoms with Crippen LogP contribution in [-0.4, -0.2) is 57.6 Å². The van der Waals surface area contributed by atoms with Crippen LogP contribution in [0.5, 0.6) is 0 Å². The second-order valence-electron chi connectivity index (χ2n) is 9.61. The van der Waals surface area contributed by atoms with Crippen molar-refractivity contribution in [2.24, 2.45) is 0 Å². The minimum atomic E-state index is -0.262. The molecule has 0 spiro atoms. The summed E-state index contributed by atoms with van der Waals surface area (Å²) in [5.74, 6) is 0.435. The zero-order valence-electron chi connectivity index (χ0n) is 19.8. The Labute approximate surface area is 203 Å². The maximum absolute atomic E-state index is 13.0. The van der Waals surface area contributed by atoms with Crippen molar-refractivity contribution in [2.45, 2.75) is 31.7 Å². The predicted octanol–water partition coefficient (Wildman–Crippen LogP) is 3.75. The zero-order chi connectivity index (χ0) is 23.9. The molecular weight excluding hydrogens is 440 g/mol. The Hall–Kier alpha value is -3.90. The number of nitrogens with zero attached hydrogens (tertiary/aromatic N) is 6. The lowest BCUT2D eigenvalue weighted by molar-refractivity contribution is 0.313. The van der Waals surface area contributed by atoms with Gasteiger partial charge in [0.1, 0.15) is 17.3 Å². The molecule has 35 heavy (non-hydrogen) atoms. The lowest BCUT2D eigenvalue weighted by atomic mass is 10.2. The van der Waals surface area contributed by atoms with Gasteiger partial charge in [-0.2, -0.15) is 10.2 Å². The number of nitriles is 1. The average molecular weight is 469 g/mol. The molecule has 1 saturated heterocycles. The summed E-state index contributed by atoms with van der Waals surface area (Å²) in [5, 5.41) is 14.7. The van der Waals surface area contributed by atoms with Crippen LogP contribution in [0.2, 0.25) is 0 Å². The Morgan fingerprint density at radius 1 is 1.14 bits per heavy atom. The van der Waals surface area contributed by atoms with Gasteiger partial charge < -0.3 is 20.1 Å². The Balaban J connectivity index is 1.36. The van der Waals surface area contributed by atoms with Gasteiger partial charge in [0.2, 0.25) is 5.95 Å². The molecule has 2 aliphatic rings. The molecule has 0 radical (unpaired) electrons. The Kier molecular flexibility index (Phi) is 5.38. The number of rotatable bonds is 4. The molecule has 2 N–H and O–H groups in total. The molecule has 1 aromatic carbocycles. The van der Waals surface area contributed by atoms with Crippen molar-refractivity contribution in [1.29, 1.82) is 5.26 Å². The summed E-state index contributed by atoms with van der Waals surface area (Å²) in [5.41, 5.74) is 3.64. The monoisotopic (exact) mass is 468 g/mol. The number of fused-ring (bicyclic) bond motifs is 2. The standard InChI is InChI=1S/C26H28N8O/c1-32-8-10-33(11-9-32)23-16-28-22-7-6-19(13-21(22)23)30-26-29-15-18-12-17(14-27)25(35)34(24(18)31-26)20-4-2-3-5-20/h6-7,12-13,15-16,20,28H,2-5,8-11H2,1H3,(H,29,30,31). The number of anilines is 3. The highest BCUT2D eigenvalue weighted by Gasteiger charge is 2.23. The third-order valence-corrected chi connectivity index (χ3v) is 7.34. The first-order valence-corrected chi connectivity index (χ1v) is 12.2. The summed E-state index contributed by atoms with van der Waals surface area (Å²) < 4.78 is 1.72. The minimum absolute atomic E-state index is 0.0726. The van der Waals surface area contributed by atoms with E-state index in [4.69, 9.17) is 4.98 Å². The molecule has 0 bridgehead atoms. The normalized spacial score (nSPS) is 17.3. The molecule has 0 atom stereocenters. The number of piperazine rings is 1. The molecule has 4 heterocycles. The van der Waals surface area contributed by atoms with Gasteiger partial charge in [-0.25, -0.2) is 4.98 Å². The topological polar surface area (TPSA) is 106 Å². The summed E-state index contributed by atoms with van der Waals surface area (Å²) in [6.45, 7) is 4.09. The van der Waals surface area contributed by atoms with Crippen LogP contribution < -0.4 is 15.8 Å². The van der Waals surface area contributed by atoms with Gasteiger partial charge in [-0.15, -0.1) is 0 Å². The quantitative estimate of drug-likeness (QED) is 0.470. The largest absolute Gasteiger partial charge is 0.367 e. The summed E-state index contributed by atoms with van der Waals surface area (Å²) in [6, 6.07) is 9.90. The molecule has 3 aromatic heterocycles.